The molecule has 1 heterocycles. The zero-order valence-electron chi connectivity index (χ0n) is 13.6. The first kappa shape index (κ1) is 16.2. The van der Waals surface area contributed by atoms with Crippen molar-refractivity contribution in [2.24, 2.45) is 0 Å². The second-order valence-corrected chi connectivity index (χ2v) is 6.40. The molecule has 0 saturated heterocycles. The number of aliphatic hydroxyl groups excluding tert-OH is 1. The molecule has 3 rings (SSSR count). The van der Waals surface area contributed by atoms with Crippen LogP contribution in [-0.2, 0) is 17.9 Å². The van der Waals surface area contributed by atoms with Gasteiger partial charge in [-0.15, -0.1) is 0 Å². The summed E-state index contributed by atoms with van der Waals surface area (Å²) in [5.74, 6) is 0.788. The van der Waals surface area contributed by atoms with Crippen molar-refractivity contribution in [3.8, 4) is 0 Å². The lowest BCUT2D eigenvalue weighted by Crippen LogP contribution is -2.36. The van der Waals surface area contributed by atoms with E-state index in [-0.39, 0.29) is 0 Å². The van der Waals surface area contributed by atoms with Gasteiger partial charge >= 0.3 is 0 Å². The fourth-order valence-electron chi connectivity index (χ4n) is 2.84. The molecule has 0 radical (unpaired) electrons. The number of rotatable bonds is 9. The molecule has 1 aliphatic rings. The lowest BCUT2D eigenvalue weighted by Gasteiger charge is -2.25. The van der Waals surface area contributed by atoms with Crippen molar-refractivity contribution in [3.63, 3.8) is 0 Å². The lowest BCUT2D eigenvalue weighted by molar-refractivity contribution is 0.00246. The molecule has 4 nitrogen and oxygen atoms in total. The van der Waals surface area contributed by atoms with Crippen LogP contribution in [0.5, 0.6) is 0 Å². The van der Waals surface area contributed by atoms with E-state index in [9.17, 15) is 5.11 Å². The first-order valence-electron chi connectivity index (χ1n) is 8.28. The summed E-state index contributed by atoms with van der Waals surface area (Å²) in [6, 6.07) is 12.9. The van der Waals surface area contributed by atoms with Crippen LogP contribution in [0.2, 0.25) is 0 Å². The summed E-state index contributed by atoms with van der Waals surface area (Å²) in [6.45, 7) is 4.39. The summed E-state index contributed by atoms with van der Waals surface area (Å²) in [6.07, 6.45) is 3.61. The van der Waals surface area contributed by atoms with Crippen molar-refractivity contribution in [2.75, 3.05) is 13.2 Å². The predicted octanol–water partition coefficient (Wildman–Crippen LogP) is 3.13. The van der Waals surface area contributed by atoms with Crippen LogP contribution >= 0.6 is 0 Å². The van der Waals surface area contributed by atoms with E-state index in [4.69, 9.17) is 9.15 Å². The highest BCUT2D eigenvalue weighted by Gasteiger charge is 2.30. The van der Waals surface area contributed by atoms with Gasteiger partial charge in [-0.25, -0.2) is 0 Å². The maximum Gasteiger partial charge on any atom is 0.129 e. The molecular formula is C19H25NO3. The van der Waals surface area contributed by atoms with Crippen molar-refractivity contribution in [2.45, 2.75) is 45.1 Å². The molecule has 1 aromatic carbocycles. The normalized spacial score (nSPS) is 16.0. The van der Waals surface area contributed by atoms with Crippen LogP contribution in [0.25, 0.3) is 0 Å². The average Bonchev–Trinajstić information content (AvgIpc) is 3.24. The van der Waals surface area contributed by atoms with Crippen molar-refractivity contribution in [1.82, 2.24) is 4.90 Å². The van der Waals surface area contributed by atoms with E-state index >= 15 is 0 Å². The van der Waals surface area contributed by atoms with Gasteiger partial charge in [0.1, 0.15) is 12.4 Å². The third-order valence-corrected chi connectivity index (χ3v) is 4.11. The maximum absolute atomic E-state index is 10.3. The first-order chi connectivity index (χ1) is 11.2. The Morgan fingerprint density at radius 3 is 2.87 bits per heavy atom. The molecule has 1 N–H and O–H groups in total. The Bertz CT molecular complexity index is 592. The Morgan fingerprint density at radius 2 is 2.17 bits per heavy atom. The van der Waals surface area contributed by atoms with Crippen molar-refractivity contribution in [3.05, 3.63) is 59.5 Å². The van der Waals surface area contributed by atoms with Gasteiger partial charge in [-0.3, -0.25) is 4.90 Å². The Labute approximate surface area is 137 Å². The Hall–Kier alpha value is -1.62. The van der Waals surface area contributed by atoms with E-state index in [1.54, 1.807) is 6.26 Å². The third-order valence-electron chi connectivity index (χ3n) is 4.11. The molecule has 1 aromatic heterocycles. The minimum absolute atomic E-state index is 0.331. The van der Waals surface area contributed by atoms with Crippen LogP contribution in [0.3, 0.4) is 0 Å². The summed E-state index contributed by atoms with van der Waals surface area (Å²) in [7, 11) is 0. The van der Waals surface area contributed by atoms with Crippen LogP contribution < -0.4 is 0 Å². The number of hydrogen-bond donors (Lipinski definition) is 1. The fourth-order valence-corrected chi connectivity index (χ4v) is 2.84. The fraction of sp³-hybridized carbons (Fsp3) is 0.474. The summed E-state index contributed by atoms with van der Waals surface area (Å²) in [4.78, 5) is 2.37. The van der Waals surface area contributed by atoms with E-state index in [0.29, 0.717) is 25.8 Å². The van der Waals surface area contributed by atoms with E-state index in [2.05, 4.69) is 36.1 Å². The summed E-state index contributed by atoms with van der Waals surface area (Å²) in [5, 5.41) is 10.3. The first-order valence-corrected chi connectivity index (χ1v) is 8.28. The minimum atomic E-state index is -0.477. The molecule has 1 saturated carbocycles. The molecule has 124 valence electrons. The molecule has 0 bridgehead atoms. The second-order valence-electron chi connectivity index (χ2n) is 6.40. The molecule has 23 heavy (non-hydrogen) atoms. The minimum Gasteiger partial charge on any atom is -0.467 e. The third kappa shape index (κ3) is 5.20. The number of nitrogens with zero attached hydrogens (tertiary/aromatic N) is 1. The number of aliphatic hydroxyl groups is 1. The molecule has 0 spiro atoms. The molecular weight excluding hydrogens is 290 g/mol. The standard InChI is InChI=1S/C19H25NO3/c1-15-4-2-5-16(10-15)11-20(17-7-8-17)12-18(21)13-22-14-19-6-3-9-23-19/h2-6,9-10,17-18,21H,7-8,11-14H2,1H3/t18-/m1/s1. The van der Waals surface area contributed by atoms with E-state index in [1.807, 2.05) is 12.1 Å². The van der Waals surface area contributed by atoms with Gasteiger partial charge < -0.3 is 14.3 Å². The lowest BCUT2D eigenvalue weighted by atomic mass is 10.1. The van der Waals surface area contributed by atoms with Gasteiger partial charge in [0.2, 0.25) is 0 Å². The Kier molecular flexibility index (Phi) is 5.49. The number of ether oxygens (including phenoxy) is 1. The Balaban J connectivity index is 1.46. The van der Waals surface area contributed by atoms with E-state index in [0.717, 1.165) is 12.3 Å². The highest BCUT2D eigenvalue weighted by Crippen LogP contribution is 2.28. The SMILES string of the molecule is Cc1cccc(CN(C[C@@H](O)COCc2ccco2)C2CC2)c1. The summed E-state index contributed by atoms with van der Waals surface area (Å²) >= 11 is 0. The average molecular weight is 315 g/mol. The highest BCUT2D eigenvalue weighted by molar-refractivity contribution is 5.22. The number of furan rings is 1. The number of benzene rings is 1. The molecule has 0 aliphatic heterocycles. The van der Waals surface area contributed by atoms with Gasteiger partial charge in [0.15, 0.2) is 0 Å². The zero-order chi connectivity index (χ0) is 16.1. The van der Waals surface area contributed by atoms with E-state index < -0.39 is 6.10 Å². The maximum atomic E-state index is 10.3. The van der Waals surface area contributed by atoms with Gasteiger partial charge in [-0.2, -0.15) is 0 Å². The van der Waals surface area contributed by atoms with Gasteiger partial charge in [0.25, 0.3) is 0 Å². The predicted molar refractivity (Wildman–Crippen MR) is 89.0 cm³/mol. The molecule has 1 aliphatic carbocycles. The molecule has 0 amide bonds. The van der Waals surface area contributed by atoms with Gasteiger partial charge in [-0.1, -0.05) is 29.8 Å². The zero-order valence-corrected chi connectivity index (χ0v) is 13.6. The second kappa shape index (κ2) is 7.77. The number of aryl methyl sites for hydroxylation is 1. The van der Waals surface area contributed by atoms with Gasteiger partial charge in [0.05, 0.1) is 19.0 Å². The van der Waals surface area contributed by atoms with Crippen molar-refractivity contribution >= 4 is 0 Å². The summed E-state index contributed by atoms with van der Waals surface area (Å²) in [5.41, 5.74) is 2.58. The number of hydrogen-bond acceptors (Lipinski definition) is 4. The van der Waals surface area contributed by atoms with Crippen LogP contribution in [0.15, 0.2) is 47.1 Å². The van der Waals surface area contributed by atoms with Crippen LogP contribution in [-0.4, -0.2) is 35.3 Å². The van der Waals surface area contributed by atoms with Crippen molar-refractivity contribution < 1.29 is 14.3 Å². The monoisotopic (exact) mass is 315 g/mol. The van der Waals surface area contributed by atoms with Gasteiger partial charge in [-0.05, 0) is 37.5 Å². The topological polar surface area (TPSA) is 45.8 Å². The van der Waals surface area contributed by atoms with Crippen molar-refractivity contribution in [1.29, 1.82) is 0 Å². The summed E-state index contributed by atoms with van der Waals surface area (Å²) < 4.78 is 10.8. The van der Waals surface area contributed by atoms with Crippen LogP contribution in [0, 0.1) is 6.92 Å². The molecule has 2 aromatic rings. The molecule has 0 unspecified atom stereocenters. The molecule has 1 fully saturated rings. The Morgan fingerprint density at radius 1 is 1.30 bits per heavy atom. The van der Waals surface area contributed by atoms with Crippen LogP contribution in [0.4, 0.5) is 0 Å². The molecule has 1 atom stereocenters. The molecule has 4 heteroatoms. The van der Waals surface area contributed by atoms with E-state index in [1.165, 1.54) is 24.0 Å². The quantitative estimate of drug-likeness (QED) is 0.772. The van der Waals surface area contributed by atoms with Crippen LogP contribution in [0.1, 0.15) is 29.7 Å². The smallest absolute Gasteiger partial charge is 0.129 e. The largest absolute Gasteiger partial charge is 0.467 e. The highest BCUT2D eigenvalue weighted by atomic mass is 16.5. The van der Waals surface area contributed by atoms with Gasteiger partial charge in [0, 0.05) is 19.1 Å².